The average Bonchev–Trinajstić information content (AvgIpc) is 3.33. The molecule has 1 saturated carbocycles. The molecule has 1 aliphatic carbocycles. The lowest BCUT2D eigenvalue weighted by atomic mass is 10.1. The Bertz CT molecular complexity index is 932. The SMILES string of the molecule is O=C(Nc1cccc(-c2noc(C3CCCC3)n2)c1)c1cccc(F)c1. The van der Waals surface area contributed by atoms with Crippen LogP contribution in [-0.4, -0.2) is 16.0 Å². The maximum absolute atomic E-state index is 13.3. The zero-order valence-corrected chi connectivity index (χ0v) is 14.1. The number of halogens is 1. The Hall–Kier alpha value is -3.02. The molecule has 132 valence electrons. The molecule has 0 aliphatic heterocycles. The van der Waals surface area contributed by atoms with Crippen molar-refractivity contribution in [3.05, 3.63) is 65.8 Å². The number of hydrogen-bond donors (Lipinski definition) is 1. The van der Waals surface area contributed by atoms with E-state index in [1.165, 1.54) is 31.0 Å². The first kappa shape index (κ1) is 16.4. The van der Waals surface area contributed by atoms with Crippen molar-refractivity contribution in [2.24, 2.45) is 0 Å². The van der Waals surface area contributed by atoms with Crippen molar-refractivity contribution in [1.29, 1.82) is 0 Å². The lowest BCUT2D eigenvalue weighted by Crippen LogP contribution is -2.12. The molecule has 1 aromatic heterocycles. The van der Waals surface area contributed by atoms with Gasteiger partial charge in [0.1, 0.15) is 5.82 Å². The van der Waals surface area contributed by atoms with Crippen LogP contribution in [0.15, 0.2) is 53.1 Å². The molecule has 2 aromatic carbocycles. The minimum atomic E-state index is -0.447. The van der Waals surface area contributed by atoms with Crippen molar-refractivity contribution in [1.82, 2.24) is 10.1 Å². The van der Waals surface area contributed by atoms with Gasteiger partial charge < -0.3 is 9.84 Å². The van der Waals surface area contributed by atoms with Crippen LogP contribution in [-0.2, 0) is 0 Å². The standard InChI is InChI=1S/C20H18FN3O2/c21-16-9-3-8-15(11-16)19(25)22-17-10-4-7-14(12-17)18-23-20(26-24-18)13-5-1-2-6-13/h3-4,7-13H,1-2,5-6H2,(H,22,25). The fourth-order valence-corrected chi connectivity index (χ4v) is 3.26. The van der Waals surface area contributed by atoms with E-state index in [0.29, 0.717) is 23.3 Å². The maximum Gasteiger partial charge on any atom is 0.255 e. The van der Waals surface area contributed by atoms with Crippen LogP contribution in [0.1, 0.15) is 47.8 Å². The molecule has 0 atom stereocenters. The van der Waals surface area contributed by atoms with Crippen LogP contribution >= 0.6 is 0 Å². The van der Waals surface area contributed by atoms with Gasteiger partial charge in [0.25, 0.3) is 5.91 Å². The number of carbonyl (C=O) groups excluding carboxylic acids is 1. The highest BCUT2D eigenvalue weighted by atomic mass is 19.1. The summed E-state index contributed by atoms with van der Waals surface area (Å²) in [5.74, 6) is 0.728. The van der Waals surface area contributed by atoms with Crippen LogP contribution in [0.25, 0.3) is 11.4 Å². The van der Waals surface area contributed by atoms with Crippen LogP contribution in [0.3, 0.4) is 0 Å². The Morgan fingerprint density at radius 3 is 2.73 bits per heavy atom. The van der Waals surface area contributed by atoms with E-state index in [4.69, 9.17) is 4.52 Å². The molecule has 1 N–H and O–H groups in total. The van der Waals surface area contributed by atoms with E-state index >= 15 is 0 Å². The third-order valence-corrected chi connectivity index (χ3v) is 4.61. The van der Waals surface area contributed by atoms with Gasteiger partial charge >= 0.3 is 0 Å². The van der Waals surface area contributed by atoms with Gasteiger partial charge in [-0.1, -0.05) is 36.2 Å². The molecule has 0 unspecified atom stereocenters. The van der Waals surface area contributed by atoms with Crippen LogP contribution in [0.2, 0.25) is 0 Å². The van der Waals surface area contributed by atoms with Crippen LogP contribution < -0.4 is 5.32 Å². The van der Waals surface area contributed by atoms with Crippen LogP contribution in [0.4, 0.5) is 10.1 Å². The quantitative estimate of drug-likeness (QED) is 0.734. The molecule has 5 nitrogen and oxygen atoms in total. The Morgan fingerprint density at radius 2 is 1.92 bits per heavy atom. The van der Waals surface area contributed by atoms with Gasteiger partial charge in [0.05, 0.1) is 0 Å². The number of nitrogens with one attached hydrogen (secondary N) is 1. The Labute approximate surface area is 150 Å². The molecule has 1 heterocycles. The summed E-state index contributed by atoms with van der Waals surface area (Å²) in [7, 11) is 0. The third-order valence-electron chi connectivity index (χ3n) is 4.61. The highest BCUT2D eigenvalue weighted by Crippen LogP contribution is 2.34. The summed E-state index contributed by atoms with van der Waals surface area (Å²) in [6.07, 6.45) is 4.57. The summed E-state index contributed by atoms with van der Waals surface area (Å²) in [5.41, 5.74) is 1.61. The fraction of sp³-hybridized carbons (Fsp3) is 0.250. The number of aromatic nitrogens is 2. The predicted octanol–water partition coefficient (Wildman–Crippen LogP) is 4.79. The van der Waals surface area contributed by atoms with Crippen molar-refractivity contribution in [2.75, 3.05) is 5.32 Å². The highest BCUT2D eigenvalue weighted by Gasteiger charge is 2.23. The molecule has 4 rings (SSSR count). The van der Waals surface area contributed by atoms with E-state index < -0.39 is 5.82 Å². The van der Waals surface area contributed by atoms with Crippen molar-refractivity contribution in [3.8, 4) is 11.4 Å². The van der Waals surface area contributed by atoms with Gasteiger partial charge in [-0.15, -0.1) is 0 Å². The smallest absolute Gasteiger partial charge is 0.255 e. The number of carbonyl (C=O) groups is 1. The van der Waals surface area contributed by atoms with Gasteiger partial charge in [0.15, 0.2) is 0 Å². The lowest BCUT2D eigenvalue weighted by Gasteiger charge is -2.06. The van der Waals surface area contributed by atoms with Crippen molar-refractivity contribution in [3.63, 3.8) is 0 Å². The van der Waals surface area contributed by atoms with Crippen molar-refractivity contribution < 1.29 is 13.7 Å². The molecule has 1 aliphatic rings. The third kappa shape index (κ3) is 3.49. The minimum Gasteiger partial charge on any atom is -0.339 e. The Morgan fingerprint density at radius 1 is 1.12 bits per heavy atom. The summed E-state index contributed by atoms with van der Waals surface area (Å²) in [6, 6.07) is 12.8. The molecule has 0 spiro atoms. The van der Waals surface area contributed by atoms with Crippen LogP contribution in [0, 0.1) is 5.82 Å². The number of nitrogens with zero attached hydrogens (tertiary/aromatic N) is 2. The molecule has 3 aromatic rings. The largest absolute Gasteiger partial charge is 0.339 e. The molecule has 6 heteroatoms. The van der Waals surface area contributed by atoms with E-state index in [1.54, 1.807) is 18.2 Å². The summed E-state index contributed by atoms with van der Waals surface area (Å²) < 4.78 is 18.7. The number of rotatable bonds is 4. The van der Waals surface area contributed by atoms with E-state index in [2.05, 4.69) is 15.5 Å². The molecule has 26 heavy (non-hydrogen) atoms. The first-order valence-corrected chi connectivity index (χ1v) is 8.70. The molecule has 1 fully saturated rings. The zero-order chi connectivity index (χ0) is 17.9. The second kappa shape index (κ2) is 7.07. The first-order chi connectivity index (χ1) is 12.7. The lowest BCUT2D eigenvalue weighted by molar-refractivity contribution is 0.102. The molecule has 0 bridgehead atoms. The van der Waals surface area contributed by atoms with Crippen molar-refractivity contribution in [2.45, 2.75) is 31.6 Å². The maximum atomic E-state index is 13.3. The van der Waals surface area contributed by atoms with Crippen molar-refractivity contribution >= 4 is 11.6 Å². The Kier molecular flexibility index (Phi) is 4.48. The highest BCUT2D eigenvalue weighted by molar-refractivity contribution is 6.04. The molecule has 0 saturated heterocycles. The van der Waals surface area contributed by atoms with E-state index in [0.717, 1.165) is 18.4 Å². The van der Waals surface area contributed by atoms with Crippen LogP contribution in [0.5, 0.6) is 0 Å². The first-order valence-electron chi connectivity index (χ1n) is 8.70. The monoisotopic (exact) mass is 351 g/mol. The van der Waals surface area contributed by atoms with E-state index in [9.17, 15) is 9.18 Å². The van der Waals surface area contributed by atoms with Gasteiger partial charge in [-0.25, -0.2) is 4.39 Å². The van der Waals surface area contributed by atoms with Gasteiger partial charge in [0, 0.05) is 22.7 Å². The summed E-state index contributed by atoms with van der Waals surface area (Å²) >= 11 is 0. The molecular weight excluding hydrogens is 333 g/mol. The molecular formula is C20H18FN3O2. The number of benzene rings is 2. The molecule has 0 radical (unpaired) electrons. The van der Waals surface area contributed by atoms with E-state index in [1.807, 2.05) is 12.1 Å². The minimum absolute atomic E-state index is 0.262. The average molecular weight is 351 g/mol. The number of hydrogen-bond acceptors (Lipinski definition) is 4. The van der Waals surface area contributed by atoms with Gasteiger partial charge in [-0.05, 0) is 43.2 Å². The normalized spacial score (nSPS) is 14.5. The fourth-order valence-electron chi connectivity index (χ4n) is 3.26. The summed E-state index contributed by atoms with van der Waals surface area (Å²) in [5, 5.41) is 6.84. The second-order valence-electron chi connectivity index (χ2n) is 6.48. The number of amides is 1. The van der Waals surface area contributed by atoms with Gasteiger partial charge in [-0.3, -0.25) is 4.79 Å². The second-order valence-corrected chi connectivity index (χ2v) is 6.48. The van der Waals surface area contributed by atoms with Gasteiger partial charge in [0.2, 0.25) is 11.7 Å². The summed E-state index contributed by atoms with van der Waals surface area (Å²) in [4.78, 5) is 16.8. The van der Waals surface area contributed by atoms with Gasteiger partial charge in [-0.2, -0.15) is 4.98 Å². The Balaban J connectivity index is 1.52. The zero-order valence-electron chi connectivity index (χ0n) is 14.1. The number of anilines is 1. The molecule has 1 amide bonds. The summed E-state index contributed by atoms with van der Waals surface area (Å²) in [6.45, 7) is 0. The topological polar surface area (TPSA) is 68.0 Å². The predicted molar refractivity (Wildman–Crippen MR) is 95.3 cm³/mol. The van der Waals surface area contributed by atoms with E-state index in [-0.39, 0.29) is 11.5 Å².